The first-order valence-corrected chi connectivity index (χ1v) is 9.34. The number of hydrogen-bond donors (Lipinski definition) is 0. The lowest BCUT2D eigenvalue weighted by Gasteiger charge is -2.20. The van der Waals surface area contributed by atoms with Gasteiger partial charge in [0, 0.05) is 0 Å². The average Bonchev–Trinajstić information content (AvgIpc) is 2.64. The number of hydrogen-bond acceptors (Lipinski definition) is 2. The fraction of sp³-hybridized carbons (Fsp3) is 0.100. The van der Waals surface area contributed by atoms with Crippen molar-refractivity contribution in [3.8, 4) is 5.75 Å². The molecule has 3 aromatic rings. The van der Waals surface area contributed by atoms with Crippen molar-refractivity contribution in [2.24, 2.45) is 0 Å². The molecule has 0 fully saturated rings. The topological polar surface area (TPSA) is 26.3 Å². The molecule has 3 heteroatoms. The standard InChI is InChI=1S/C20H19O2P/c1-2-17-13-15-18(16-14-17)22-23(21,19-9-5-3-6-10-19)20-11-7-4-8-12-20/h3-16H,2H2,1H3. The van der Waals surface area contributed by atoms with E-state index in [9.17, 15) is 4.57 Å². The number of rotatable bonds is 5. The zero-order chi connectivity index (χ0) is 16.1. The Hall–Kier alpha value is -2.31. The van der Waals surface area contributed by atoms with Crippen LogP contribution < -0.4 is 15.1 Å². The van der Waals surface area contributed by atoms with E-state index in [2.05, 4.69) is 6.92 Å². The van der Waals surface area contributed by atoms with Crippen LogP contribution in [0.2, 0.25) is 0 Å². The molecule has 23 heavy (non-hydrogen) atoms. The van der Waals surface area contributed by atoms with E-state index in [-0.39, 0.29) is 0 Å². The van der Waals surface area contributed by atoms with Crippen molar-refractivity contribution in [1.82, 2.24) is 0 Å². The third kappa shape index (κ3) is 3.38. The van der Waals surface area contributed by atoms with E-state index >= 15 is 0 Å². The van der Waals surface area contributed by atoms with Gasteiger partial charge >= 0.3 is 7.37 Å². The molecular formula is C20H19O2P. The second-order valence-electron chi connectivity index (χ2n) is 5.31. The summed E-state index contributed by atoms with van der Waals surface area (Å²) in [6.07, 6.45) is 0.968. The highest BCUT2D eigenvalue weighted by Gasteiger charge is 2.29. The minimum absolute atomic E-state index is 0.623. The average molecular weight is 322 g/mol. The molecule has 0 unspecified atom stereocenters. The van der Waals surface area contributed by atoms with Gasteiger partial charge in [-0.3, -0.25) is 4.57 Å². The lowest BCUT2D eigenvalue weighted by Crippen LogP contribution is -2.20. The van der Waals surface area contributed by atoms with Gasteiger partial charge in [-0.15, -0.1) is 0 Å². The van der Waals surface area contributed by atoms with Crippen molar-refractivity contribution in [3.63, 3.8) is 0 Å². The monoisotopic (exact) mass is 322 g/mol. The lowest BCUT2D eigenvalue weighted by atomic mass is 10.2. The Bertz CT molecular complexity index is 753. The summed E-state index contributed by atoms with van der Waals surface area (Å²) in [6, 6.07) is 26.6. The van der Waals surface area contributed by atoms with Crippen LogP contribution in [-0.2, 0) is 11.0 Å². The van der Waals surface area contributed by atoms with Crippen LogP contribution in [-0.4, -0.2) is 0 Å². The van der Waals surface area contributed by atoms with E-state index in [0.717, 1.165) is 6.42 Å². The molecule has 0 aliphatic heterocycles. The van der Waals surface area contributed by atoms with Gasteiger partial charge in [0.15, 0.2) is 0 Å². The summed E-state index contributed by atoms with van der Waals surface area (Å²) >= 11 is 0. The van der Waals surface area contributed by atoms with Crippen LogP contribution >= 0.6 is 7.37 Å². The quantitative estimate of drug-likeness (QED) is 0.644. The maximum atomic E-state index is 13.7. The molecule has 0 atom stereocenters. The van der Waals surface area contributed by atoms with Gasteiger partial charge in [0.25, 0.3) is 0 Å². The Kier molecular flexibility index (Phi) is 4.64. The summed E-state index contributed by atoms with van der Waals surface area (Å²) in [6.45, 7) is 2.11. The maximum absolute atomic E-state index is 13.7. The summed E-state index contributed by atoms with van der Waals surface area (Å²) in [4.78, 5) is 0. The second-order valence-corrected chi connectivity index (χ2v) is 7.63. The molecule has 2 nitrogen and oxygen atoms in total. The number of aryl methyl sites for hydroxylation is 1. The van der Waals surface area contributed by atoms with Crippen molar-refractivity contribution >= 4 is 18.0 Å². The van der Waals surface area contributed by atoms with Crippen LogP contribution in [0, 0.1) is 0 Å². The van der Waals surface area contributed by atoms with E-state index in [4.69, 9.17) is 4.52 Å². The molecule has 0 aliphatic carbocycles. The van der Waals surface area contributed by atoms with Gasteiger partial charge in [0.1, 0.15) is 5.75 Å². The van der Waals surface area contributed by atoms with E-state index in [1.807, 2.05) is 84.9 Å². The molecule has 0 aromatic heterocycles. The summed E-state index contributed by atoms with van der Waals surface area (Å²) in [5.41, 5.74) is 1.23. The van der Waals surface area contributed by atoms with Gasteiger partial charge in [0.05, 0.1) is 10.6 Å². The molecular weight excluding hydrogens is 303 g/mol. The predicted molar refractivity (Wildman–Crippen MR) is 96.2 cm³/mol. The van der Waals surface area contributed by atoms with Gasteiger partial charge in [-0.25, -0.2) is 0 Å². The van der Waals surface area contributed by atoms with Crippen molar-refractivity contribution in [3.05, 3.63) is 90.5 Å². The Morgan fingerprint density at radius 1 is 0.739 bits per heavy atom. The van der Waals surface area contributed by atoms with Crippen LogP contribution in [0.3, 0.4) is 0 Å². The van der Waals surface area contributed by atoms with Crippen molar-refractivity contribution < 1.29 is 9.09 Å². The Labute approximate surface area is 137 Å². The molecule has 116 valence electrons. The first-order valence-electron chi connectivity index (χ1n) is 7.72. The summed E-state index contributed by atoms with van der Waals surface area (Å²) in [5.74, 6) is 0.623. The molecule has 0 heterocycles. The third-order valence-corrected chi connectivity index (χ3v) is 6.18. The normalized spacial score (nSPS) is 11.2. The molecule has 0 aliphatic rings. The minimum atomic E-state index is -3.17. The molecule has 0 amide bonds. The lowest BCUT2D eigenvalue weighted by molar-refractivity contribution is 0.502. The molecule has 0 saturated carbocycles. The van der Waals surface area contributed by atoms with Gasteiger partial charge < -0.3 is 4.52 Å². The van der Waals surface area contributed by atoms with Crippen LogP contribution in [0.4, 0.5) is 0 Å². The predicted octanol–water partition coefficient (Wildman–Crippen LogP) is 4.56. The molecule has 0 spiro atoms. The highest BCUT2D eigenvalue weighted by atomic mass is 31.2. The second kappa shape index (κ2) is 6.85. The molecule has 3 aromatic carbocycles. The van der Waals surface area contributed by atoms with E-state index in [1.54, 1.807) is 0 Å². The Morgan fingerprint density at radius 2 is 1.22 bits per heavy atom. The van der Waals surface area contributed by atoms with E-state index < -0.39 is 7.37 Å². The molecule has 0 saturated heterocycles. The zero-order valence-corrected chi connectivity index (χ0v) is 13.9. The fourth-order valence-corrected chi connectivity index (χ4v) is 4.49. The molecule has 3 rings (SSSR count). The van der Waals surface area contributed by atoms with E-state index in [0.29, 0.717) is 16.4 Å². The first kappa shape index (κ1) is 15.6. The third-order valence-electron chi connectivity index (χ3n) is 3.76. The van der Waals surface area contributed by atoms with Crippen LogP contribution in [0.5, 0.6) is 5.75 Å². The molecule has 0 radical (unpaired) electrons. The van der Waals surface area contributed by atoms with Crippen LogP contribution in [0.25, 0.3) is 0 Å². The smallest absolute Gasteiger partial charge is 0.306 e. The Balaban J connectivity index is 2.04. The van der Waals surface area contributed by atoms with Crippen LogP contribution in [0.15, 0.2) is 84.9 Å². The Morgan fingerprint density at radius 3 is 1.65 bits per heavy atom. The summed E-state index contributed by atoms with van der Waals surface area (Å²) in [7, 11) is -3.17. The van der Waals surface area contributed by atoms with E-state index in [1.165, 1.54) is 5.56 Å². The van der Waals surface area contributed by atoms with Crippen molar-refractivity contribution in [2.75, 3.05) is 0 Å². The molecule has 0 N–H and O–H groups in total. The molecule has 0 bridgehead atoms. The maximum Gasteiger partial charge on any atom is 0.306 e. The zero-order valence-electron chi connectivity index (χ0n) is 13.1. The van der Waals surface area contributed by atoms with Gasteiger partial charge in [-0.05, 0) is 48.4 Å². The highest BCUT2D eigenvalue weighted by molar-refractivity contribution is 7.74. The largest absolute Gasteiger partial charge is 0.437 e. The van der Waals surface area contributed by atoms with Crippen LogP contribution in [0.1, 0.15) is 12.5 Å². The van der Waals surface area contributed by atoms with Gasteiger partial charge in [-0.1, -0.05) is 55.5 Å². The minimum Gasteiger partial charge on any atom is -0.437 e. The van der Waals surface area contributed by atoms with Crippen molar-refractivity contribution in [2.45, 2.75) is 13.3 Å². The van der Waals surface area contributed by atoms with Gasteiger partial charge in [-0.2, -0.15) is 0 Å². The van der Waals surface area contributed by atoms with Gasteiger partial charge in [0.2, 0.25) is 0 Å². The SMILES string of the molecule is CCc1ccc(OP(=O)(c2ccccc2)c2ccccc2)cc1. The highest BCUT2D eigenvalue weighted by Crippen LogP contribution is 2.45. The summed E-state index contributed by atoms with van der Waals surface area (Å²) in [5, 5.41) is 1.40. The van der Waals surface area contributed by atoms with Crippen molar-refractivity contribution in [1.29, 1.82) is 0 Å². The first-order chi connectivity index (χ1) is 11.2. The summed E-state index contributed by atoms with van der Waals surface area (Å²) < 4.78 is 19.7. The fourth-order valence-electron chi connectivity index (χ4n) is 2.44. The number of benzene rings is 3.